The van der Waals surface area contributed by atoms with E-state index in [1.807, 2.05) is 6.92 Å². The van der Waals surface area contributed by atoms with E-state index in [0.29, 0.717) is 14.8 Å². The third-order valence-electron chi connectivity index (χ3n) is 3.12. The topological polar surface area (TPSA) is 49.7 Å². The van der Waals surface area contributed by atoms with Crippen molar-refractivity contribution < 1.29 is 9.90 Å². The summed E-state index contributed by atoms with van der Waals surface area (Å²) in [6.45, 7) is 1.85. The number of aliphatic hydroxyl groups excluding tert-OH is 1. The molecular formula is C14H9Cl2NO2S. The summed E-state index contributed by atoms with van der Waals surface area (Å²) in [5, 5.41) is 10.3. The molecule has 1 aliphatic carbocycles. The van der Waals surface area contributed by atoms with Crippen LogP contribution in [0.1, 0.15) is 23.0 Å². The molecule has 1 aromatic heterocycles. The van der Waals surface area contributed by atoms with Gasteiger partial charge in [0.1, 0.15) is 5.76 Å². The summed E-state index contributed by atoms with van der Waals surface area (Å²) in [6.07, 6.45) is 2.08. The van der Waals surface area contributed by atoms with E-state index >= 15 is 0 Å². The Bertz CT molecular complexity index is 753. The van der Waals surface area contributed by atoms with Gasteiger partial charge >= 0.3 is 0 Å². The van der Waals surface area contributed by atoms with Crippen LogP contribution in [-0.4, -0.2) is 16.6 Å². The normalized spacial score (nSPS) is 18.1. The van der Waals surface area contributed by atoms with Crippen molar-refractivity contribution in [3.63, 3.8) is 0 Å². The Labute approximate surface area is 129 Å². The monoisotopic (exact) mass is 325 g/mol. The number of ketones is 1. The van der Waals surface area contributed by atoms with Gasteiger partial charge < -0.3 is 5.11 Å². The van der Waals surface area contributed by atoms with E-state index in [9.17, 15) is 9.90 Å². The Morgan fingerprint density at radius 1 is 1.40 bits per heavy atom. The van der Waals surface area contributed by atoms with Crippen molar-refractivity contribution in [2.75, 3.05) is 0 Å². The second-order valence-electron chi connectivity index (χ2n) is 4.51. The van der Waals surface area contributed by atoms with E-state index < -0.39 is 0 Å². The number of allylic oxidation sites excluding steroid dienone is 5. The average Bonchev–Trinajstić information content (AvgIpc) is 2.99. The fraction of sp³-hybridized carbons (Fsp3) is 0.143. The number of rotatable bonds is 2. The molecule has 0 amide bonds. The predicted octanol–water partition coefficient (Wildman–Crippen LogP) is 4.65. The van der Waals surface area contributed by atoms with Crippen LogP contribution in [0.3, 0.4) is 0 Å². The smallest absolute Gasteiger partial charge is 0.203 e. The average molecular weight is 326 g/mol. The van der Waals surface area contributed by atoms with Gasteiger partial charge in [0.2, 0.25) is 5.78 Å². The summed E-state index contributed by atoms with van der Waals surface area (Å²) in [5.74, 6) is -0.426. The first kappa shape index (κ1) is 13.6. The fourth-order valence-electron chi connectivity index (χ4n) is 2.21. The summed E-state index contributed by atoms with van der Waals surface area (Å²) in [7, 11) is 0. The van der Waals surface area contributed by atoms with Crippen LogP contribution in [-0.2, 0) is 0 Å². The van der Waals surface area contributed by atoms with Crippen LogP contribution in [0.4, 0.5) is 0 Å². The number of hydrogen-bond acceptors (Lipinski definition) is 4. The van der Waals surface area contributed by atoms with Crippen LogP contribution in [0.2, 0.25) is 4.34 Å². The van der Waals surface area contributed by atoms with Gasteiger partial charge in [-0.15, -0.1) is 11.3 Å². The lowest BCUT2D eigenvalue weighted by Gasteiger charge is -2.16. The molecule has 102 valence electrons. The molecule has 20 heavy (non-hydrogen) atoms. The Morgan fingerprint density at radius 3 is 2.80 bits per heavy atom. The number of carbonyl (C=O) groups is 1. The maximum Gasteiger partial charge on any atom is 0.203 e. The zero-order valence-electron chi connectivity index (χ0n) is 10.4. The minimum atomic E-state index is -0.260. The maximum atomic E-state index is 12.4. The number of hydrogen-bond donors (Lipinski definition) is 1. The molecule has 1 aromatic rings. The van der Waals surface area contributed by atoms with Crippen LogP contribution in [0.5, 0.6) is 0 Å². The van der Waals surface area contributed by atoms with Crippen molar-refractivity contribution in [1.82, 2.24) is 0 Å². The third kappa shape index (κ3) is 2.14. The zero-order valence-corrected chi connectivity index (χ0v) is 12.7. The SMILES string of the molecule is CC1=CC2=C(Cl)C(O)=C(C(=O)c3ccc(Cl)s3)CC2=N1. The van der Waals surface area contributed by atoms with Gasteiger partial charge in [-0.05, 0) is 25.1 Å². The highest BCUT2D eigenvalue weighted by molar-refractivity contribution is 7.18. The van der Waals surface area contributed by atoms with Gasteiger partial charge in [0.05, 0.1) is 25.5 Å². The number of carbonyl (C=O) groups excluding carboxylic acids is 1. The zero-order chi connectivity index (χ0) is 14.4. The molecule has 0 aromatic carbocycles. The lowest BCUT2D eigenvalue weighted by Crippen LogP contribution is -2.16. The molecule has 0 atom stereocenters. The molecule has 2 heterocycles. The number of Topliss-reactive ketones (excluding diaryl/α,β-unsaturated/α-hetero) is 1. The maximum absolute atomic E-state index is 12.4. The van der Waals surface area contributed by atoms with Gasteiger partial charge in [-0.3, -0.25) is 9.79 Å². The summed E-state index contributed by atoms with van der Waals surface area (Å²) in [5.41, 5.74) is 2.49. The first-order valence-corrected chi connectivity index (χ1v) is 7.43. The van der Waals surface area contributed by atoms with E-state index in [1.165, 1.54) is 11.3 Å². The Morgan fingerprint density at radius 2 is 2.15 bits per heavy atom. The van der Waals surface area contributed by atoms with Crippen LogP contribution in [0.25, 0.3) is 0 Å². The predicted molar refractivity (Wildman–Crippen MR) is 82.0 cm³/mol. The van der Waals surface area contributed by atoms with Gasteiger partial charge in [0, 0.05) is 17.7 Å². The lowest BCUT2D eigenvalue weighted by atomic mass is 9.92. The van der Waals surface area contributed by atoms with E-state index in [0.717, 1.165) is 11.4 Å². The molecule has 6 heteroatoms. The molecule has 3 rings (SSSR count). The summed E-state index contributed by atoms with van der Waals surface area (Å²) in [6, 6.07) is 3.30. The van der Waals surface area contributed by atoms with Crippen molar-refractivity contribution in [2.24, 2.45) is 4.99 Å². The highest BCUT2D eigenvalue weighted by atomic mass is 35.5. The molecule has 0 spiro atoms. The number of thiophene rings is 1. The van der Waals surface area contributed by atoms with E-state index in [-0.39, 0.29) is 28.6 Å². The summed E-state index contributed by atoms with van der Waals surface area (Å²) < 4.78 is 0.530. The van der Waals surface area contributed by atoms with Crippen molar-refractivity contribution in [3.8, 4) is 0 Å². The molecule has 3 nitrogen and oxygen atoms in total. The van der Waals surface area contributed by atoms with Crippen molar-refractivity contribution in [2.45, 2.75) is 13.3 Å². The molecule has 1 N–H and O–H groups in total. The standard InChI is InChI=1S/C14H9Cl2NO2S/c1-6-4-7-9(17-6)5-8(14(19)12(7)16)13(18)10-2-3-11(15)20-10/h2-4,19H,5H2,1H3. The Balaban J connectivity index is 2.04. The number of aliphatic hydroxyl groups is 1. The summed E-state index contributed by atoms with van der Waals surface area (Å²) in [4.78, 5) is 17.2. The second-order valence-corrected chi connectivity index (χ2v) is 6.60. The molecule has 0 unspecified atom stereocenters. The van der Waals surface area contributed by atoms with Gasteiger partial charge in [-0.25, -0.2) is 0 Å². The second kappa shape index (κ2) is 4.88. The number of fused-ring (bicyclic) bond motifs is 1. The minimum absolute atomic E-state index is 0.166. The number of halogens is 2. The Kier molecular flexibility index (Phi) is 3.32. The van der Waals surface area contributed by atoms with E-state index in [4.69, 9.17) is 23.2 Å². The first-order valence-electron chi connectivity index (χ1n) is 5.86. The van der Waals surface area contributed by atoms with E-state index in [1.54, 1.807) is 18.2 Å². The van der Waals surface area contributed by atoms with Gasteiger partial charge in [-0.2, -0.15) is 0 Å². The molecule has 0 saturated heterocycles. The molecular weight excluding hydrogens is 317 g/mol. The van der Waals surface area contributed by atoms with Crippen LogP contribution in [0.15, 0.2) is 50.8 Å². The molecule has 2 aliphatic rings. The molecule has 0 fully saturated rings. The van der Waals surface area contributed by atoms with Crippen LogP contribution >= 0.6 is 34.5 Å². The van der Waals surface area contributed by atoms with Gasteiger partial charge in [0.25, 0.3) is 0 Å². The van der Waals surface area contributed by atoms with Crippen molar-refractivity contribution in [1.29, 1.82) is 0 Å². The van der Waals surface area contributed by atoms with Crippen molar-refractivity contribution >= 4 is 46.0 Å². The first-order chi connectivity index (χ1) is 9.47. The van der Waals surface area contributed by atoms with Crippen LogP contribution in [0, 0.1) is 0 Å². The third-order valence-corrected chi connectivity index (χ3v) is 4.73. The quantitative estimate of drug-likeness (QED) is 0.804. The molecule has 1 aliphatic heterocycles. The van der Waals surface area contributed by atoms with Gasteiger partial charge in [-0.1, -0.05) is 23.2 Å². The molecule has 0 radical (unpaired) electrons. The highest BCUT2D eigenvalue weighted by Gasteiger charge is 2.31. The molecule has 0 saturated carbocycles. The highest BCUT2D eigenvalue weighted by Crippen LogP contribution is 2.37. The van der Waals surface area contributed by atoms with Crippen LogP contribution < -0.4 is 0 Å². The number of nitrogens with zero attached hydrogens (tertiary/aromatic N) is 1. The summed E-state index contributed by atoms with van der Waals surface area (Å²) >= 11 is 13.2. The number of aliphatic imine (C=N–C) groups is 1. The Hall–Kier alpha value is -1.36. The fourth-order valence-corrected chi connectivity index (χ4v) is 3.49. The lowest BCUT2D eigenvalue weighted by molar-refractivity contribution is 0.103. The van der Waals surface area contributed by atoms with Crippen molar-refractivity contribution in [3.05, 3.63) is 55.1 Å². The molecule has 0 bridgehead atoms. The van der Waals surface area contributed by atoms with E-state index in [2.05, 4.69) is 4.99 Å². The minimum Gasteiger partial charge on any atom is -0.506 e. The van der Waals surface area contributed by atoms with Gasteiger partial charge in [0.15, 0.2) is 0 Å². The largest absolute Gasteiger partial charge is 0.506 e.